The number of piperidine rings is 1. The van der Waals surface area contributed by atoms with Crippen molar-refractivity contribution < 1.29 is 33.8 Å². The maximum absolute atomic E-state index is 14.7. The normalized spacial score (nSPS) is 24.1. The molecule has 0 radical (unpaired) electrons. The number of aromatic nitrogens is 1. The lowest BCUT2D eigenvalue weighted by Gasteiger charge is -2.44. The standard InChI is InChI=1S/C46H58ClN7O7/c1-28(2)39(53-14-8-12-46(43(53)60)13-16-51(26-46)38(56)22-47)40(57)49-36-19-29-17-31(20-32(55)18-29)30-10-11-33-34(45(5,6)24-48)23-52(37(33)21-30)25-44(3,4)27-61-42(59)35-9-7-15-54(50-35)41(36)58/h10-11,17-18,20-21,23,28,35-36,39,50,55H,7-9,12-16,19,22,25-27H2,1-6H3,(H,49,57)/t35-,36-,39-,46?/m0/s1. The fourth-order valence-corrected chi connectivity index (χ4v) is 9.88. The smallest absolute Gasteiger partial charge is 0.324 e. The SMILES string of the molecule is CC(C)[C@@H](C(=O)N[C@H]1Cc2cc(O)cc(c2)-c2ccc3c(C(C)(C)C#N)cn(c3c2)CC(C)(C)COC(=O)[C@@H]2CCCN(N2)C1=O)N1CCCC2(CCN(C(=O)CCl)C2)C1=O. The number of aromatic hydroxyl groups is 1. The van der Waals surface area contributed by atoms with E-state index in [1.165, 1.54) is 5.01 Å². The minimum absolute atomic E-state index is 0.00915. The summed E-state index contributed by atoms with van der Waals surface area (Å²) >= 11 is 5.87. The van der Waals surface area contributed by atoms with Gasteiger partial charge in [0.05, 0.1) is 23.5 Å². The second-order valence-corrected chi connectivity index (χ2v) is 19.4. The highest BCUT2D eigenvalue weighted by Crippen LogP contribution is 2.42. The molecule has 7 rings (SSSR count). The molecular weight excluding hydrogens is 798 g/mol. The number of hydrazine groups is 1. The van der Waals surface area contributed by atoms with Crippen LogP contribution in [-0.4, -0.2) is 111 Å². The van der Waals surface area contributed by atoms with E-state index in [1.54, 1.807) is 21.9 Å². The number of ether oxygens (including phenoxy) is 1. The zero-order valence-electron chi connectivity index (χ0n) is 36.1. The number of rotatable bonds is 6. The molecule has 326 valence electrons. The van der Waals surface area contributed by atoms with Crippen molar-refractivity contribution in [2.75, 3.05) is 38.7 Å². The molecular formula is C46H58ClN7O7. The van der Waals surface area contributed by atoms with Crippen LogP contribution in [-0.2, 0) is 47.1 Å². The summed E-state index contributed by atoms with van der Waals surface area (Å²) < 4.78 is 8.04. The number of halogens is 1. The van der Waals surface area contributed by atoms with E-state index in [0.29, 0.717) is 62.9 Å². The number of fused-ring (bicyclic) bond motifs is 6. The maximum Gasteiger partial charge on any atom is 0.324 e. The molecule has 0 aliphatic carbocycles. The van der Waals surface area contributed by atoms with E-state index in [1.807, 2.05) is 72.0 Å². The third-order valence-electron chi connectivity index (χ3n) is 13.0. The molecule has 3 aromatic rings. The predicted molar refractivity (Wildman–Crippen MR) is 230 cm³/mol. The first kappa shape index (κ1) is 43.9. The third-order valence-corrected chi connectivity index (χ3v) is 13.2. The van der Waals surface area contributed by atoms with Gasteiger partial charge in [0.25, 0.3) is 5.91 Å². The lowest BCUT2D eigenvalue weighted by molar-refractivity contribution is -0.156. The molecule has 3 N–H and O–H groups in total. The van der Waals surface area contributed by atoms with E-state index >= 15 is 0 Å². The monoisotopic (exact) mass is 855 g/mol. The molecule has 1 spiro atoms. The first-order valence-corrected chi connectivity index (χ1v) is 22.0. The molecule has 4 amide bonds. The lowest BCUT2D eigenvalue weighted by Crippen LogP contribution is -2.63. The second-order valence-electron chi connectivity index (χ2n) is 19.1. The largest absolute Gasteiger partial charge is 0.508 e. The molecule has 3 saturated heterocycles. The minimum Gasteiger partial charge on any atom is -0.508 e. The fraction of sp³-hybridized carbons (Fsp3) is 0.565. The second kappa shape index (κ2) is 17.0. The van der Waals surface area contributed by atoms with Gasteiger partial charge in [-0.3, -0.25) is 29.0 Å². The van der Waals surface area contributed by atoms with Crippen molar-refractivity contribution in [3.05, 3.63) is 53.7 Å². The Morgan fingerprint density at radius 3 is 2.54 bits per heavy atom. The number of nitrogens with one attached hydrogen (secondary N) is 2. The van der Waals surface area contributed by atoms with Crippen LogP contribution in [0.15, 0.2) is 42.6 Å². The van der Waals surface area contributed by atoms with Gasteiger partial charge in [-0.15, -0.1) is 11.6 Å². The number of nitriles is 1. The highest BCUT2D eigenvalue weighted by Gasteiger charge is 2.52. The van der Waals surface area contributed by atoms with E-state index < -0.39 is 52.2 Å². The van der Waals surface area contributed by atoms with Crippen molar-refractivity contribution in [2.24, 2.45) is 16.7 Å². The summed E-state index contributed by atoms with van der Waals surface area (Å²) in [4.78, 5) is 73.1. The number of likely N-dealkylation sites (tertiary alicyclic amines) is 2. The summed E-state index contributed by atoms with van der Waals surface area (Å²) in [6.45, 7) is 13.4. The first-order chi connectivity index (χ1) is 28.8. The topological polar surface area (TPSA) is 177 Å². The van der Waals surface area contributed by atoms with Gasteiger partial charge < -0.3 is 29.5 Å². The van der Waals surface area contributed by atoms with Crippen molar-refractivity contribution in [2.45, 2.75) is 110 Å². The Hall–Kier alpha value is -5.13. The average Bonchev–Trinajstić information content (AvgIpc) is 3.82. The molecule has 2 aromatic carbocycles. The molecule has 15 heteroatoms. The first-order valence-electron chi connectivity index (χ1n) is 21.4. The fourth-order valence-electron chi connectivity index (χ4n) is 9.71. The van der Waals surface area contributed by atoms with E-state index in [4.69, 9.17) is 16.3 Å². The zero-order chi connectivity index (χ0) is 44.0. The number of alkyl halides is 1. The van der Waals surface area contributed by atoms with Crippen LogP contribution >= 0.6 is 11.6 Å². The highest BCUT2D eigenvalue weighted by atomic mass is 35.5. The van der Waals surface area contributed by atoms with Crippen LogP contribution in [0.25, 0.3) is 22.0 Å². The number of esters is 1. The van der Waals surface area contributed by atoms with Gasteiger partial charge in [-0.1, -0.05) is 45.9 Å². The maximum atomic E-state index is 14.7. The molecule has 4 atom stereocenters. The van der Waals surface area contributed by atoms with Crippen LogP contribution in [0.4, 0.5) is 0 Å². The molecule has 3 fully saturated rings. The minimum atomic E-state index is -1.16. The van der Waals surface area contributed by atoms with Crippen LogP contribution in [0, 0.1) is 28.1 Å². The number of amides is 4. The van der Waals surface area contributed by atoms with E-state index in [0.717, 1.165) is 22.0 Å². The van der Waals surface area contributed by atoms with Crippen molar-refractivity contribution in [3.63, 3.8) is 0 Å². The van der Waals surface area contributed by atoms with Crippen molar-refractivity contribution in [3.8, 4) is 22.9 Å². The van der Waals surface area contributed by atoms with Crippen LogP contribution in [0.3, 0.4) is 0 Å². The van der Waals surface area contributed by atoms with Gasteiger partial charge in [0, 0.05) is 61.7 Å². The van der Waals surface area contributed by atoms with Crippen molar-refractivity contribution >= 4 is 52.1 Å². The Morgan fingerprint density at radius 1 is 1.05 bits per heavy atom. The lowest BCUT2D eigenvalue weighted by atomic mass is 9.77. The summed E-state index contributed by atoms with van der Waals surface area (Å²) in [7, 11) is 0. The molecule has 0 saturated carbocycles. The summed E-state index contributed by atoms with van der Waals surface area (Å²) in [6, 6.07) is 10.6. The number of carbonyl (C=O) groups excluding carboxylic acids is 5. The molecule has 61 heavy (non-hydrogen) atoms. The molecule has 6 bridgehead atoms. The van der Waals surface area contributed by atoms with E-state index in [2.05, 4.69) is 21.4 Å². The average molecular weight is 856 g/mol. The number of benzene rings is 2. The van der Waals surface area contributed by atoms with Gasteiger partial charge in [-0.2, -0.15) is 5.26 Å². The molecule has 4 aliphatic rings. The van der Waals surface area contributed by atoms with E-state index in [9.17, 15) is 34.3 Å². The van der Waals surface area contributed by atoms with E-state index in [-0.39, 0.29) is 55.5 Å². The number of hydrogen-bond donors (Lipinski definition) is 3. The summed E-state index contributed by atoms with van der Waals surface area (Å²) in [5.74, 6) is -2.39. The molecule has 4 aliphatic heterocycles. The Labute approximate surface area is 362 Å². The summed E-state index contributed by atoms with van der Waals surface area (Å²) in [5.41, 5.74) is 4.75. The molecule has 5 heterocycles. The predicted octanol–water partition coefficient (Wildman–Crippen LogP) is 5.03. The van der Waals surface area contributed by atoms with Gasteiger partial charge in [0.2, 0.25) is 17.7 Å². The summed E-state index contributed by atoms with van der Waals surface area (Å²) in [5, 5.41) is 26.6. The highest BCUT2D eigenvalue weighted by molar-refractivity contribution is 6.27. The Balaban J connectivity index is 1.26. The van der Waals surface area contributed by atoms with Gasteiger partial charge in [-0.05, 0) is 92.3 Å². The number of carbonyl (C=O) groups is 5. The van der Waals surface area contributed by atoms with Crippen LogP contribution < -0.4 is 10.7 Å². The number of phenols is 1. The Kier molecular flexibility index (Phi) is 12.2. The number of cyclic esters (lactones) is 1. The zero-order valence-corrected chi connectivity index (χ0v) is 36.8. The van der Waals surface area contributed by atoms with Gasteiger partial charge in [0.15, 0.2) is 0 Å². The van der Waals surface area contributed by atoms with Gasteiger partial charge >= 0.3 is 5.97 Å². The Bertz CT molecular complexity index is 2280. The summed E-state index contributed by atoms with van der Waals surface area (Å²) in [6.07, 6.45) is 4.67. The third kappa shape index (κ3) is 8.82. The number of phenolic OH excluding ortho intramolecular Hbond substituents is 1. The number of nitrogens with zero attached hydrogens (tertiary/aromatic N) is 5. The molecule has 14 nitrogen and oxygen atoms in total. The molecule has 1 aromatic heterocycles. The van der Waals surface area contributed by atoms with Crippen molar-refractivity contribution in [1.29, 1.82) is 5.26 Å². The van der Waals surface area contributed by atoms with Gasteiger partial charge in [0.1, 0.15) is 29.8 Å². The van der Waals surface area contributed by atoms with Crippen LogP contribution in [0.1, 0.15) is 84.8 Å². The quantitative estimate of drug-likeness (QED) is 0.227. The van der Waals surface area contributed by atoms with Crippen LogP contribution in [0.5, 0.6) is 5.75 Å². The number of hydrogen-bond acceptors (Lipinski definition) is 9. The Morgan fingerprint density at radius 2 is 1.82 bits per heavy atom. The van der Waals surface area contributed by atoms with Crippen LogP contribution in [0.2, 0.25) is 0 Å². The molecule has 1 unspecified atom stereocenters. The van der Waals surface area contributed by atoms with Gasteiger partial charge in [-0.25, -0.2) is 5.43 Å². The van der Waals surface area contributed by atoms with Crippen molar-refractivity contribution in [1.82, 2.24) is 30.1 Å².